The molecule has 0 aliphatic heterocycles. The maximum Gasteiger partial charge on any atom is 0.296 e. The normalized spacial score (nSPS) is 11.0. The minimum absolute atomic E-state index is 0.245. The summed E-state index contributed by atoms with van der Waals surface area (Å²) in [5.74, 6) is -0.301. The van der Waals surface area contributed by atoms with Gasteiger partial charge in [0.15, 0.2) is 4.77 Å². The number of fused-ring (bicyclic) bond motifs is 1. The van der Waals surface area contributed by atoms with Gasteiger partial charge in [0.2, 0.25) is 5.65 Å². The Morgan fingerprint density at radius 3 is 2.74 bits per heavy atom. The Hall–Kier alpha value is -2.28. The molecule has 5 nitrogen and oxygen atoms in total. The SMILES string of the molecule is O=c1c2n[nH]c(=S)n2ccn1Cc1ccc(F)cc1. The Morgan fingerprint density at radius 2 is 2.00 bits per heavy atom. The monoisotopic (exact) mass is 276 g/mol. The molecule has 1 aromatic carbocycles. The van der Waals surface area contributed by atoms with Crippen LogP contribution in [0.4, 0.5) is 4.39 Å². The number of benzene rings is 1. The molecule has 2 aromatic heterocycles. The topological polar surface area (TPSA) is 55.1 Å². The minimum Gasteiger partial charge on any atom is -0.306 e. The highest BCUT2D eigenvalue weighted by Crippen LogP contribution is 2.04. The van der Waals surface area contributed by atoms with Crippen molar-refractivity contribution >= 4 is 17.9 Å². The zero-order chi connectivity index (χ0) is 13.4. The molecule has 0 unspecified atom stereocenters. The van der Waals surface area contributed by atoms with Gasteiger partial charge in [-0.1, -0.05) is 12.1 Å². The lowest BCUT2D eigenvalue weighted by molar-refractivity contribution is 0.626. The molecule has 7 heteroatoms. The second-order valence-corrected chi connectivity index (χ2v) is 4.47. The highest BCUT2D eigenvalue weighted by Gasteiger charge is 2.06. The number of hydrogen-bond acceptors (Lipinski definition) is 3. The number of hydrogen-bond donors (Lipinski definition) is 1. The summed E-state index contributed by atoms with van der Waals surface area (Å²) in [4.78, 5) is 12.2. The van der Waals surface area contributed by atoms with Crippen molar-refractivity contribution in [3.8, 4) is 0 Å². The van der Waals surface area contributed by atoms with E-state index in [1.807, 2.05) is 0 Å². The summed E-state index contributed by atoms with van der Waals surface area (Å²) >= 11 is 4.99. The van der Waals surface area contributed by atoms with E-state index in [0.717, 1.165) is 5.56 Å². The highest BCUT2D eigenvalue weighted by molar-refractivity contribution is 7.71. The molecule has 96 valence electrons. The number of rotatable bonds is 2. The van der Waals surface area contributed by atoms with Crippen LogP contribution in [-0.2, 0) is 6.54 Å². The lowest BCUT2D eigenvalue weighted by atomic mass is 10.2. The van der Waals surface area contributed by atoms with Gasteiger partial charge in [0.25, 0.3) is 5.56 Å². The van der Waals surface area contributed by atoms with Gasteiger partial charge >= 0.3 is 0 Å². The van der Waals surface area contributed by atoms with Gasteiger partial charge in [0, 0.05) is 12.4 Å². The lowest BCUT2D eigenvalue weighted by Gasteiger charge is -2.05. The molecule has 3 aromatic rings. The van der Waals surface area contributed by atoms with E-state index in [4.69, 9.17) is 12.2 Å². The third-order valence-electron chi connectivity index (χ3n) is 2.82. The molecule has 0 bridgehead atoms. The number of nitrogens with zero attached hydrogens (tertiary/aromatic N) is 3. The minimum atomic E-state index is -0.301. The number of aromatic amines is 1. The van der Waals surface area contributed by atoms with Gasteiger partial charge in [-0.05, 0) is 29.9 Å². The summed E-state index contributed by atoms with van der Waals surface area (Å²) in [5, 5.41) is 6.46. The smallest absolute Gasteiger partial charge is 0.296 e. The first-order valence-corrected chi connectivity index (χ1v) is 5.96. The Balaban J connectivity index is 2.06. The quantitative estimate of drug-likeness (QED) is 0.725. The van der Waals surface area contributed by atoms with Crippen molar-refractivity contribution < 1.29 is 4.39 Å². The molecule has 0 aliphatic carbocycles. The van der Waals surface area contributed by atoms with Gasteiger partial charge in [-0.2, -0.15) is 0 Å². The zero-order valence-corrected chi connectivity index (χ0v) is 10.5. The molecule has 1 N–H and O–H groups in total. The Bertz CT molecular complexity index is 847. The van der Waals surface area contributed by atoms with Gasteiger partial charge < -0.3 is 4.57 Å². The maximum absolute atomic E-state index is 12.8. The van der Waals surface area contributed by atoms with Crippen molar-refractivity contribution in [3.05, 3.63) is 63.2 Å². The predicted molar refractivity (Wildman–Crippen MR) is 70.1 cm³/mol. The maximum atomic E-state index is 12.8. The van der Waals surface area contributed by atoms with E-state index in [1.165, 1.54) is 21.1 Å². The van der Waals surface area contributed by atoms with Gasteiger partial charge in [0.05, 0.1) is 6.54 Å². The van der Waals surface area contributed by atoms with E-state index < -0.39 is 0 Å². The largest absolute Gasteiger partial charge is 0.306 e. The number of halogens is 1. The molecule has 0 amide bonds. The molecule has 3 rings (SSSR count). The fourth-order valence-corrected chi connectivity index (χ4v) is 2.04. The molecule has 0 fully saturated rings. The molecule has 2 heterocycles. The van der Waals surface area contributed by atoms with Gasteiger partial charge in [-0.25, -0.2) is 4.39 Å². The summed E-state index contributed by atoms with van der Waals surface area (Å²) in [6.07, 6.45) is 3.30. The van der Waals surface area contributed by atoms with Crippen LogP contribution in [0.1, 0.15) is 5.56 Å². The average Bonchev–Trinajstić information content (AvgIpc) is 2.78. The first-order chi connectivity index (χ1) is 9.15. The second kappa shape index (κ2) is 4.43. The number of aromatic nitrogens is 4. The molecular weight excluding hydrogens is 267 g/mol. The molecule has 0 saturated carbocycles. The van der Waals surface area contributed by atoms with Crippen LogP contribution in [-0.4, -0.2) is 19.2 Å². The van der Waals surface area contributed by atoms with Crippen molar-refractivity contribution in [3.63, 3.8) is 0 Å². The van der Waals surface area contributed by atoms with Crippen LogP contribution >= 0.6 is 12.2 Å². The second-order valence-electron chi connectivity index (χ2n) is 4.08. The summed E-state index contributed by atoms with van der Waals surface area (Å²) in [5.41, 5.74) is 0.829. The third kappa shape index (κ3) is 2.08. The van der Waals surface area contributed by atoms with Crippen LogP contribution in [0.2, 0.25) is 0 Å². The van der Waals surface area contributed by atoms with Crippen LogP contribution in [0.3, 0.4) is 0 Å². The first-order valence-electron chi connectivity index (χ1n) is 5.56. The summed E-state index contributed by atoms with van der Waals surface area (Å²) in [7, 11) is 0. The molecular formula is C12H9FN4OS. The van der Waals surface area contributed by atoms with Crippen molar-refractivity contribution in [1.29, 1.82) is 0 Å². The lowest BCUT2D eigenvalue weighted by Crippen LogP contribution is -2.22. The first kappa shape index (κ1) is 11.8. The molecule has 19 heavy (non-hydrogen) atoms. The zero-order valence-electron chi connectivity index (χ0n) is 9.71. The average molecular weight is 276 g/mol. The van der Waals surface area contributed by atoms with Gasteiger partial charge in [-0.3, -0.25) is 14.3 Å². The van der Waals surface area contributed by atoms with Crippen molar-refractivity contribution in [2.75, 3.05) is 0 Å². The predicted octanol–water partition coefficient (Wildman–Crippen LogP) is 1.74. The van der Waals surface area contributed by atoms with Crippen LogP contribution in [0.5, 0.6) is 0 Å². The van der Waals surface area contributed by atoms with Gasteiger partial charge in [0.1, 0.15) is 5.82 Å². The Labute approximate surface area is 111 Å². The fraction of sp³-hybridized carbons (Fsp3) is 0.0833. The van der Waals surface area contributed by atoms with Crippen LogP contribution < -0.4 is 5.56 Å². The van der Waals surface area contributed by atoms with E-state index in [1.54, 1.807) is 24.5 Å². The van der Waals surface area contributed by atoms with Crippen molar-refractivity contribution in [2.45, 2.75) is 6.54 Å². The Morgan fingerprint density at radius 1 is 1.26 bits per heavy atom. The van der Waals surface area contributed by atoms with Gasteiger partial charge in [-0.15, -0.1) is 5.10 Å². The fourth-order valence-electron chi connectivity index (χ4n) is 1.85. The summed E-state index contributed by atoms with van der Waals surface area (Å²) < 4.78 is 16.2. The molecule has 0 aliphatic rings. The van der Waals surface area contributed by atoms with E-state index in [-0.39, 0.29) is 17.0 Å². The summed E-state index contributed by atoms with van der Waals surface area (Å²) in [6.45, 7) is 0.356. The third-order valence-corrected chi connectivity index (χ3v) is 3.11. The number of H-pyrrole nitrogens is 1. The van der Waals surface area contributed by atoms with E-state index >= 15 is 0 Å². The van der Waals surface area contributed by atoms with E-state index in [0.29, 0.717) is 11.3 Å². The molecule has 0 radical (unpaired) electrons. The molecule has 0 spiro atoms. The van der Waals surface area contributed by atoms with Crippen LogP contribution in [0.15, 0.2) is 41.5 Å². The molecule has 0 atom stereocenters. The number of nitrogens with one attached hydrogen (secondary N) is 1. The highest BCUT2D eigenvalue weighted by atomic mass is 32.1. The van der Waals surface area contributed by atoms with E-state index in [9.17, 15) is 9.18 Å². The summed E-state index contributed by atoms with van der Waals surface area (Å²) in [6, 6.07) is 6.01. The van der Waals surface area contributed by atoms with Crippen molar-refractivity contribution in [1.82, 2.24) is 19.2 Å². The molecule has 0 saturated heterocycles. The van der Waals surface area contributed by atoms with E-state index in [2.05, 4.69) is 10.2 Å². The Kier molecular flexibility index (Phi) is 2.75. The van der Waals surface area contributed by atoms with Crippen LogP contribution in [0.25, 0.3) is 5.65 Å². The standard InChI is InChI=1S/C12H9FN4OS/c13-9-3-1-8(2-4-9)7-16-5-6-17-10(11(16)18)14-15-12(17)19/h1-6H,7H2,(H,15,19). The van der Waals surface area contributed by atoms with Crippen LogP contribution in [0, 0.1) is 10.6 Å². The van der Waals surface area contributed by atoms with Crippen molar-refractivity contribution in [2.24, 2.45) is 0 Å².